The average Bonchev–Trinajstić information content (AvgIpc) is 3.08. The van der Waals surface area contributed by atoms with E-state index in [0.29, 0.717) is 31.1 Å². The maximum Gasteiger partial charge on any atom is 0.274 e. The van der Waals surface area contributed by atoms with Gasteiger partial charge < -0.3 is 14.9 Å². The average molecular weight is 374 g/mol. The van der Waals surface area contributed by atoms with Gasteiger partial charge in [0.15, 0.2) is 5.69 Å². The number of aliphatic hydroxyl groups excluding tert-OH is 1. The molecule has 2 N–H and O–H groups in total. The highest BCUT2D eigenvalue weighted by atomic mass is 16.3. The molecule has 0 bridgehead atoms. The third-order valence-electron chi connectivity index (χ3n) is 6.82. The van der Waals surface area contributed by atoms with Crippen molar-refractivity contribution in [3.05, 3.63) is 17.0 Å². The Labute approximate surface area is 160 Å². The number of piperidine rings is 2. The summed E-state index contributed by atoms with van der Waals surface area (Å²) in [6.45, 7) is 4.81. The van der Waals surface area contributed by atoms with Gasteiger partial charge in [0.2, 0.25) is 5.91 Å². The Bertz CT molecular complexity index is 721. The lowest BCUT2D eigenvalue weighted by Gasteiger charge is -2.47. The minimum atomic E-state index is 0.00905. The van der Waals surface area contributed by atoms with Gasteiger partial charge in [0.05, 0.1) is 6.61 Å². The smallest absolute Gasteiger partial charge is 0.274 e. The van der Waals surface area contributed by atoms with E-state index in [9.17, 15) is 14.7 Å². The molecule has 7 nitrogen and oxygen atoms in total. The highest BCUT2D eigenvalue weighted by Crippen LogP contribution is 2.40. The van der Waals surface area contributed by atoms with Crippen molar-refractivity contribution in [1.82, 2.24) is 20.0 Å². The molecule has 0 aromatic carbocycles. The summed E-state index contributed by atoms with van der Waals surface area (Å²) in [6.07, 6.45) is 6.34. The van der Waals surface area contributed by atoms with Gasteiger partial charge in [0.1, 0.15) is 0 Å². The van der Waals surface area contributed by atoms with Crippen LogP contribution in [-0.4, -0.2) is 69.7 Å². The van der Waals surface area contributed by atoms with Gasteiger partial charge in [-0.05, 0) is 49.9 Å². The van der Waals surface area contributed by atoms with E-state index in [1.807, 2.05) is 4.90 Å². The fourth-order valence-corrected chi connectivity index (χ4v) is 5.01. The molecule has 1 aliphatic carbocycles. The number of H-pyrrole nitrogens is 1. The molecule has 1 aromatic rings. The fourth-order valence-electron chi connectivity index (χ4n) is 5.01. The molecule has 2 saturated heterocycles. The second kappa shape index (κ2) is 7.26. The van der Waals surface area contributed by atoms with Crippen molar-refractivity contribution in [2.75, 3.05) is 32.8 Å². The number of aryl methyl sites for hydroxylation is 1. The van der Waals surface area contributed by atoms with Crippen LogP contribution in [-0.2, 0) is 17.6 Å². The molecule has 1 spiro atoms. The molecule has 3 heterocycles. The van der Waals surface area contributed by atoms with Crippen LogP contribution in [0.5, 0.6) is 0 Å². The van der Waals surface area contributed by atoms with E-state index in [1.54, 1.807) is 4.90 Å². The number of fused-ring (bicyclic) bond motifs is 1. The first-order valence-electron chi connectivity index (χ1n) is 10.3. The number of aromatic amines is 1. The van der Waals surface area contributed by atoms with E-state index >= 15 is 0 Å². The van der Waals surface area contributed by atoms with Crippen LogP contribution in [0.3, 0.4) is 0 Å². The number of carbonyl (C=O) groups excluding carboxylic acids is 2. The molecule has 0 unspecified atom stereocenters. The standard InChI is InChI=1S/C20H30N4O3/c1-14-2-3-16-15(12-14)18(22-21-16)19(27)23-8-6-20(7-9-23)5-4-17(26)24(13-20)10-11-25/h14,25H,2-13H2,1H3,(H,21,22)/t14-/m0/s1. The van der Waals surface area contributed by atoms with Crippen molar-refractivity contribution >= 4 is 11.8 Å². The quantitative estimate of drug-likeness (QED) is 0.836. The van der Waals surface area contributed by atoms with Gasteiger partial charge in [-0.2, -0.15) is 5.10 Å². The van der Waals surface area contributed by atoms with Gasteiger partial charge >= 0.3 is 0 Å². The molecule has 0 saturated carbocycles. The molecular formula is C20H30N4O3. The summed E-state index contributed by atoms with van der Waals surface area (Å²) in [7, 11) is 0. The zero-order valence-corrected chi connectivity index (χ0v) is 16.2. The summed E-state index contributed by atoms with van der Waals surface area (Å²) in [5, 5.41) is 16.6. The normalized spacial score (nSPS) is 25.0. The Morgan fingerprint density at radius 2 is 2.07 bits per heavy atom. The molecule has 4 rings (SSSR count). The highest BCUT2D eigenvalue weighted by Gasteiger charge is 2.42. The van der Waals surface area contributed by atoms with Crippen LogP contribution in [0.15, 0.2) is 0 Å². The third kappa shape index (κ3) is 3.49. The number of hydrogen-bond donors (Lipinski definition) is 2. The summed E-state index contributed by atoms with van der Waals surface area (Å²) in [4.78, 5) is 28.9. The second-order valence-corrected chi connectivity index (χ2v) is 8.71. The molecule has 3 aliphatic rings. The molecule has 0 radical (unpaired) electrons. The van der Waals surface area contributed by atoms with Gasteiger partial charge in [-0.3, -0.25) is 14.7 Å². The van der Waals surface area contributed by atoms with Gasteiger partial charge in [0, 0.05) is 43.9 Å². The SMILES string of the molecule is C[C@H]1CCc2[nH]nc(C(=O)N3CCC4(CCC(=O)N(CCO)C4)CC3)c2C1. The van der Waals surface area contributed by atoms with Crippen LogP contribution in [0.25, 0.3) is 0 Å². The summed E-state index contributed by atoms with van der Waals surface area (Å²) >= 11 is 0. The Morgan fingerprint density at radius 3 is 2.81 bits per heavy atom. The first kappa shape index (κ1) is 18.5. The van der Waals surface area contributed by atoms with Crippen molar-refractivity contribution in [2.24, 2.45) is 11.3 Å². The first-order chi connectivity index (χ1) is 13.0. The van der Waals surface area contributed by atoms with E-state index in [1.165, 1.54) is 0 Å². The Kier molecular flexibility index (Phi) is 4.97. The number of nitrogens with zero attached hydrogens (tertiary/aromatic N) is 3. The number of aliphatic hydroxyl groups is 1. The lowest BCUT2D eigenvalue weighted by atomic mass is 9.72. The molecule has 2 aliphatic heterocycles. The minimum absolute atomic E-state index is 0.00905. The van der Waals surface area contributed by atoms with E-state index in [4.69, 9.17) is 0 Å². The number of β-amino-alcohol motifs (C(OH)–C–C–N with tert-alkyl or cyclic N) is 1. The van der Waals surface area contributed by atoms with Crippen molar-refractivity contribution in [1.29, 1.82) is 0 Å². The Morgan fingerprint density at radius 1 is 1.30 bits per heavy atom. The number of hydrogen-bond acceptors (Lipinski definition) is 4. The van der Waals surface area contributed by atoms with Crippen molar-refractivity contribution in [2.45, 2.75) is 51.9 Å². The molecule has 1 aromatic heterocycles. The van der Waals surface area contributed by atoms with E-state index in [0.717, 1.165) is 62.9 Å². The van der Waals surface area contributed by atoms with Gasteiger partial charge in [-0.15, -0.1) is 0 Å². The first-order valence-corrected chi connectivity index (χ1v) is 10.3. The number of likely N-dealkylation sites (tertiary alicyclic amines) is 2. The lowest BCUT2D eigenvalue weighted by molar-refractivity contribution is -0.139. The molecule has 2 fully saturated rings. The molecule has 1 atom stereocenters. The van der Waals surface area contributed by atoms with Gasteiger partial charge in [-0.25, -0.2) is 0 Å². The fraction of sp³-hybridized carbons (Fsp3) is 0.750. The predicted octanol–water partition coefficient (Wildman–Crippen LogP) is 1.37. The second-order valence-electron chi connectivity index (χ2n) is 8.71. The predicted molar refractivity (Wildman–Crippen MR) is 100 cm³/mol. The van der Waals surface area contributed by atoms with E-state index in [-0.39, 0.29) is 23.8 Å². The summed E-state index contributed by atoms with van der Waals surface area (Å²) in [5.41, 5.74) is 2.97. The van der Waals surface area contributed by atoms with Gasteiger partial charge in [0.25, 0.3) is 5.91 Å². The highest BCUT2D eigenvalue weighted by molar-refractivity contribution is 5.94. The third-order valence-corrected chi connectivity index (χ3v) is 6.82. The molecule has 27 heavy (non-hydrogen) atoms. The van der Waals surface area contributed by atoms with Crippen molar-refractivity contribution < 1.29 is 14.7 Å². The molecule has 148 valence electrons. The zero-order valence-electron chi connectivity index (χ0n) is 16.2. The van der Waals surface area contributed by atoms with Crippen molar-refractivity contribution in [3.63, 3.8) is 0 Å². The van der Waals surface area contributed by atoms with E-state index in [2.05, 4.69) is 17.1 Å². The summed E-state index contributed by atoms with van der Waals surface area (Å²) in [6, 6.07) is 0. The molecular weight excluding hydrogens is 344 g/mol. The maximum atomic E-state index is 13.1. The Balaban J connectivity index is 1.42. The topological polar surface area (TPSA) is 89.5 Å². The monoisotopic (exact) mass is 374 g/mol. The minimum Gasteiger partial charge on any atom is -0.395 e. The lowest BCUT2D eigenvalue weighted by Crippen LogP contribution is -2.53. The maximum absolute atomic E-state index is 13.1. The van der Waals surface area contributed by atoms with Crippen LogP contribution in [0, 0.1) is 11.3 Å². The van der Waals surface area contributed by atoms with Crippen LogP contribution in [0.4, 0.5) is 0 Å². The number of rotatable bonds is 3. The number of amides is 2. The summed E-state index contributed by atoms with van der Waals surface area (Å²) in [5.74, 6) is 0.796. The largest absolute Gasteiger partial charge is 0.395 e. The Hall–Kier alpha value is -1.89. The van der Waals surface area contributed by atoms with Crippen LogP contribution >= 0.6 is 0 Å². The molecule has 7 heteroatoms. The van der Waals surface area contributed by atoms with Crippen LogP contribution in [0.1, 0.15) is 60.8 Å². The zero-order chi connectivity index (χ0) is 19.0. The number of carbonyl (C=O) groups is 2. The summed E-state index contributed by atoms with van der Waals surface area (Å²) < 4.78 is 0. The van der Waals surface area contributed by atoms with Crippen LogP contribution in [0.2, 0.25) is 0 Å². The van der Waals surface area contributed by atoms with E-state index < -0.39 is 0 Å². The van der Waals surface area contributed by atoms with Gasteiger partial charge in [-0.1, -0.05) is 6.92 Å². The van der Waals surface area contributed by atoms with Crippen LogP contribution < -0.4 is 0 Å². The van der Waals surface area contributed by atoms with Crippen molar-refractivity contribution in [3.8, 4) is 0 Å². The number of aromatic nitrogens is 2. The number of nitrogens with one attached hydrogen (secondary N) is 1. The molecule has 2 amide bonds.